The zero-order valence-electron chi connectivity index (χ0n) is 12.3. The van der Waals surface area contributed by atoms with Crippen LogP contribution in [0.3, 0.4) is 0 Å². The Kier molecular flexibility index (Phi) is 4.50. The molecule has 21 heavy (non-hydrogen) atoms. The van der Waals surface area contributed by atoms with Gasteiger partial charge >= 0.3 is 0 Å². The van der Waals surface area contributed by atoms with Gasteiger partial charge in [-0.25, -0.2) is 0 Å². The number of amides is 1. The average molecular weight is 353 g/mol. The SMILES string of the molecule is COc1ccc(Br)c(C(=O)N(CC2CCCN2)C2CC2)c1. The number of methoxy groups -OCH3 is 1. The largest absolute Gasteiger partial charge is 0.497 e. The van der Waals surface area contributed by atoms with Gasteiger partial charge in [-0.2, -0.15) is 0 Å². The molecule has 114 valence electrons. The van der Waals surface area contributed by atoms with Gasteiger partial charge in [0.15, 0.2) is 0 Å². The van der Waals surface area contributed by atoms with Crippen molar-refractivity contribution in [3.05, 3.63) is 28.2 Å². The van der Waals surface area contributed by atoms with Gasteiger partial charge in [-0.1, -0.05) is 0 Å². The first-order valence-corrected chi connectivity index (χ1v) is 8.36. The van der Waals surface area contributed by atoms with Crippen molar-refractivity contribution in [2.45, 2.75) is 37.8 Å². The van der Waals surface area contributed by atoms with E-state index in [1.165, 1.54) is 6.42 Å². The van der Waals surface area contributed by atoms with Gasteiger partial charge in [0.1, 0.15) is 5.75 Å². The summed E-state index contributed by atoms with van der Waals surface area (Å²) in [7, 11) is 1.62. The van der Waals surface area contributed by atoms with E-state index in [1.54, 1.807) is 7.11 Å². The summed E-state index contributed by atoms with van der Waals surface area (Å²) < 4.78 is 6.08. The van der Waals surface area contributed by atoms with Crippen LogP contribution in [0.5, 0.6) is 5.75 Å². The smallest absolute Gasteiger partial charge is 0.255 e. The van der Waals surface area contributed by atoms with E-state index < -0.39 is 0 Å². The molecule has 0 aromatic heterocycles. The van der Waals surface area contributed by atoms with Crippen molar-refractivity contribution in [3.63, 3.8) is 0 Å². The molecule has 3 rings (SSSR count). The number of nitrogens with one attached hydrogen (secondary N) is 1. The van der Waals surface area contributed by atoms with Gasteiger partial charge in [-0.15, -0.1) is 0 Å². The Morgan fingerprint density at radius 3 is 2.86 bits per heavy atom. The third-order valence-electron chi connectivity index (χ3n) is 4.23. The molecule has 1 aromatic rings. The van der Waals surface area contributed by atoms with E-state index >= 15 is 0 Å². The molecule has 1 atom stereocenters. The maximum atomic E-state index is 12.9. The lowest BCUT2D eigenvalue weighted by atomic mass is 10.1. The maximum absolute atomic E-state index is 12.9. The topological polar surface area (TPSA) is 41.6 Å². The summed E-state index contributed by atoms with van der Waals surface area (Å²) in [6.07, 6.45) is 4.62. The van der Waals surface area contributed by atoms with Crippen LogP contribution in [0.1, 0.15) is 36.0 Å². The van der Waals surface area contributed by atoms with Gasteiger partial charge in [-0.05, 0) is 66.4 Å². The highest BCUT2D eigenvalue weighted by Gasteiger charge is 2.35. The summed E-state index contributed by atoms with van der Waals surface area (Å²) >= 11 is 3.49. The Labute approximate surface area is 134 Å². The Bertz CT molecular complexity index is 525. The van der Waals surface area contributed by atoms with E-state index in [0.717, 1.165) is 42.6 Å². The van der Waals surface area contributed by atoms with Crippen LogP contribution in [0, 0.1) is 0 Å². The molecule has 4 nitrogen and oxygen atoms in total. The van der Waals surface area contributed by atoms with E-state index in [9.17, 15) is 4.79 Å². The van der Waals surface area contributed by atoms with Crippen molar-refractivity contribution >= 4 is 21.8 Å². The molecule has 1 saturated carbocycles. The summed E-state index contributed by atoms with van der Waals surface area (Å²) in [5.74, 6) is 0.827. The molecule has 0 spiro atoms. The van der Waals surface area contributed by atoms with Crippen LogP contribution in [-0.4, -0.2) is 43.1 Å². The molecule has 1 saturated heterocycles. The number of carbonyl (C=O) groups is 1. The Morgan fingerprint density at radius 2 is 2.24 bits per heavy atom. The summed E-state index contributed by atoms with van der Waals surface area (Å²) in [5.41, 5.74) is 0.694. The molecule has 1 N–H and O–H groups in total. The number of carbonyl (C=O) groups excluding carboxylic acids is 1. The normalized spacial score (nSPS) is 21.3. The highest BCUT2D eigenvalue weighted by molar-refractivity contribution is 9.10. The van der Waals surface area contributed by atoms with Crippen molar-refractivity contribution in [2.75, 3.05) is 20.2 Å². The second-order valence-corrected chi connectivity index (χ2v) is 6.68. The van der Waals surface area contributed by atoms with Crippen LogP contribution in [0.25, 0.3) is 0 Å². The molecule has 1 unspecified atom stereocenters. The number of benzene rings is 1. The number of nitrogens with zero attached hydrogens (tertiary/aromatic N) is 1. The second kappa shape index (κ2) is 6.36. The quantitative estimate of drug-likeness (QED) is 0.885. The minimum Gasteiger partial charge on any atom is -0.497 e. The van der Waals surface area contributed by atoms with E-state index in [1.807, 2.05) is 23.1 Å². The Hall–Kier alpha value is -1.07. The molecule has 0 radical (unpaired) electrons. The zero-order chi connectivity index (χ0) is 14.8. The van der Waals surface area contributed by atoms with Crippen molar-refractivity contribution in [1.29, 1.82) is 0 Å². The van der Waals surface area contributed by atoms with E-state index in [0.29, 0.717) is 17.6 Å². The second-order valence-electron chi connectivity index (χ2n) is 5.83. The number of halogens is 1. The maximum Gasteiger partial charge on any atom is 0.255 e. The van der Waals surface area contributed by atoms with Crippen molar-refractivity contribution in [1.82, 2.24) is 10.2 Å². The van der Waals surface area contributed by atoms with Crippen molar-refractivity contribution in [2.24, 2.45) is 0 Å². The molecule has 1 aromatic carbocycles. The zero-order valence-corrected chi connectivity index (χ0v) is 13.9. The van der Waals surface area contributed by atoms with Crippen LogP contribution >= 0.6 is 15.9 Å². The van der Waals surface area contributed by atoms with Gasteiger partial charge in [0, 0.05) is 23.1 Å². The summed E-state index contributed by atoms with van der Waals surface area (Å²) in [5, 5.41) is 3.48. The minimum atomic E-state index is 0.108. The van der Waals surface area contributed by atoms with Gasteiger partial charge in [0.25, 0.3) is 5.91 Å². The molecule has 1 amide bonds. The van der Waals surface area contributed by atoms with Crippen LogP contribution < -0.4 is 10.1 Å². The summed E-state index contributed by atoms with van der Waals surface area (Å²) in [6.45, 7) is 1.88. The first-order chi connectivity index (χ1) is 10.2. The first-order valence-electron chi connectivity index (χ1n) is 7.57. The fourth-order valence-corrected chi connectivity index (χ4v) is 3.30. The lowest BCUT2D eigenvalue weighted by Crippen LogP contribution is -2.42. The first kappa shape index (κ1) is 14.9. The molecular weight excluding hydrogens is 332 g/mol. The van der Waals surface area contributed by atoms with Gasteiger partial charge in [-0.3, -0.25) is 4.79 Å². The molecular formula is C16H21BrN2O2. The third-order valence-corrected chi connectivity index (χ3v) is 4.92. The molecule has 2 fully saturated rings. The predicted octanol–water partition coefficient (Wildman–Crippen LogP) is 2.81. The predicted molar refractivity (Wildman–Crippen MR) is 85.8 cm³/mol. The molecule has 5 heteroatoms. The van der Waals surface area contributed by atoms with Crippen molar-refractivity contribution in [3.8, 4) is 5.75 Å². The summed E-state index contributed by atoms with van der Waals surface area (Å²) in [4.78, 5) is 15.0. The Balaban J connectivity index is 1.80. The molecule has 0 bridgehead atoms. The fraction of sp³-hybridized carbons (Fsp3) is 0.562. The molecule has 1 heterocycles. The summed E-state index contributed by atoms with van der Waals surface area (Å²) in [6, 6.07) is 6.42. The molecule has 1 aliphatic heterocycles. The Morgan fingerprint density at radius 1 is 1.43 bits per heavy atom. The monoisotopic (exact) mass is 352 g/mol. The van der Waals surface area contributed by atoms with Crippen LogP contribution in [0.4, 0.5) is 0 Å². The standard InChI is InChI=1S/C16H21BrN2O2/c1-21-13-6-7-15(17)14(9-13)16(20)19(12-4-5-12)10-11-3-2-8-18-11/h6-7,9,11-12,18H,2-5,8,10H2,1H3. The van der Waals surface area contributed by atoms with E-state index in [-0.39, 0.29) is 5.91 Å². The van der Waals surface area contributed by atoms with E-state index in [4.69, 9.17) is 4.74 Å². The van der Waals surface area contributed by atoms with Crippen LogP contribution in [-0.2, 0) is 0 Å². The minimum absolute atomic E-state index is 0.108. The molecule has 1 aliphatic carbocycles. The fourth-order valence-electron chi connectivity index (χ4n) is 2.88. The van der Waals surface area contributed by atoms with Gasteiger partial charge < -0.3 is 15.0 Å². The molecule has 2 aliphatic rings. The lowest BCUT2D eigenvalue weighted by Gasteiger charge is -2.26. The lowest BCUT2D eigenvalue weighted by molar-refractivity contribution is 0.0727. The van der Waals surface area contributed by atoms with Crippen LogP contribution in [0.15, 0.2) is 22.7 Å². The average Bonchev–Trinajstić information content (AvgIpc) is 3.21. The van der Waals surface area contributed by atoms with E-state index in [2.05, 4.69) is 21.2 Å². The highest BCUT2D eigenvalue weighted by atomic mass is 79.9. The van der Waals surface area contributed by atoms with Gasteiger partial charge in [0.05, 0.1) is 12.7 Å². The highest BCUT2D eigenvalue weighted by Crippen LogP contribution is 2.31. The number of hydrogen-bond donors (Lipinski definition) is 1. The third kappa shape index (κ3) is 3.40. The van der Waals surface area contributed by atoms with Gasteiger partial charge in [0.2, 0.25) is 0 Å². The van der Waals surface area contributed by atoms with Crippen molar-refractivity contribution < 1.29 is 9.53 Å². The number of rotatable bonds is 5. The van der Waals surface area contributed by atoms with Crippen LogP contribution in [0.2, 0.25) is 0 Å². The number of ether oxygens (including phenoxy) is 1. The number of hydrogen-bond acceptors (Lipinski definition) is 3.